The standard InChI is InChI=1S/C38H53F3O8/c1-5-29-20-31(13-14-33(29)30-11-9-28(10-12-30)8-6-7-15-38(39,40)41)34-21-32(46-16-18-48-36(44)25(2)23-42)22-35(27(34)4)47-17-19-49-37(45)26(3)24-43/h13-14,20-22,28,30,36-37,42-45H,2-3,5-12,15-19,23-24H2,1,4H3. The third kappa shape index (κ3) is 13.0. The van der Waals surface area contributed by atoms with Crippen molar-refractivity contribution in [3.05, 3.63) is 71.3 Å². The van der Waals surface area contributed by atoms with Crippen LogP contribution in [0.4, 0.5) is 13.2 Å². The second kappa shape index (κ2) is 20.1. The number of aliphatic hydroxyl groups is 4. The van der Waals surface area contributed by atoms with Crippen molar-refractivity contribution in [3.63, 3.8) is 0 Å². The summed E-state index contributed by atoms with van der Waals surface area (Å²) in [6, 6.07) is 10.2. The van der Waals surface area contributed by atoms with Crippen molar-refractivity contribution in [1.82, 2.24) is 0 Å². The number of benzene rings is 2. The van der Waals surface area contributed by atoms with Crippen LogP contribution in [0.25, 0.3) is 11.1 Å². The Hall–Kier alpha value is -2.93. The topological polar surface area (TPSA) is 118 Å². The number of aliphatic hydroxyl groups excluding tert-OH is 4. The molecule has 0 saturated heterocycles. The minimum Gasteiger partial charge on any atom is -0.491 e. The van der Waals surface area contributed by atoms with Crippen molar-refractivity contribution >= 4 is 0 Å². The summed E-state index contributed by atoms with van der Waals surface area (Å²) < 4.78 is 60.2. The van der Waals surface area contributed by atoms with E-state index in [0.29, 0.717) is 29.8 Å². The van der Waals surface area contributed by atoms with E-state index in [9.17, 15) is 23.4 Å². The molecule has 2 aromatic rings. The van der Waals surface area contributed by atoms with Crippen molar-refractivity contribution in [1.29, 1.82) is 0 Å². The Bertz CT molecular complexity index is 1340. The summed E-state index contributed by atoms with van der Waals surface area (Å²) in [5, 5.41) is 38.1. The van der Waals surface area contributed by atoms with Gasteiger partial charge in [0.1, 0.15) is 24.7 Å². The van der Waals surface area contributed by atoms with Crippen molar-refractivity contribution < 1.29 is 52.5 Å². The molecule has 3 rings (SSSR count). The predicted octanol–water partition coefficient (Wildman–Crippen LogP) is 7.15. The maximum absolute atomic E-state index is 12.5. The van der Waals surface area contributed by atoms with Crippen LogP contribution in [-0.2, 0) is 15.9 Å². The Morgan fingerprint density at radius 2 is 1.47 bits per heavy atom. The van der Waals surface area contributed by atoms with Crippen molar-refractivity contribution in [3.8, 4) is 22.6 Å². The van der Waals surface area contributed by atoms with Crippen LogP contribution in [-0.4, -0.2) is 78.8 Å². The van der Waals surface area contributed by atoms with Gasteiger partial charge in [-0.3, -0.25) is 0 Å². The Morgan fingerprint density at radius 1 is 0.857 bits per heavy atom. The number of rotatable bonds is 21. The van der Waals surface area contributed by atoms with Gasteiger partial charge >= 0.3 is 6.18 Å². The van der Waals surface area contributed by atoms with Gasteiger partial charge in [0.2, 0.25) is 0 Å². The molecule has 1 fully saturated rings. The maximum Gasteiger partial charge on any atom is 0.389 e. The predicted molar refractivity (Wildman–Crippen MR) is 183 cm³/mol. The zero-order valence-corrected chi connectivity index (χ0v) is 28.8. The lowest BCUT2D eigenvalue weighted by atomic mass is 9.75. The normalized spacial score (nSPS) is 17.8. The lowest BCUT2D eigenvalue weighted by molar-refractivity contribution is -0.135. The van der Waals surface area contributed by atoms with Gasteiger partial charge in [-0.15, -0.1) is 0 Å². The Balaban J connectivity index is 1.74. The quantitative estimate of drug-likeness (QED) is 0.0619. The molecule has 2 aromatic carbocycles. The molecule has 274 valence electrons. The van der Waals surface area contributed by atoms with Crippen LogP contribution < -0.4 is 9.47 Å². The summed E-state index contributed by atoms with van der Waals surface area (Å²) in [6.07, 6.45) is -0.718. The molecule has 0 bridgehead atoms. The van der Waals surface area contributed by atoms with Gasteiger partial charge in [0.15, 0.2) is 12.6 Å². The van der Waals surface area contributed by atoms with Gasteiger partial charge in [-0.2, -0.15) is 13.2 Å². The Kier molecular flexibility index (Phi) is 16.6. The van der Waals surface area contributed by atoms with Gasteiger partial charge in [0, 0.05) is 23.6 Å². The van der Waals surface area contributed by atoms with E-state index in [1.165, 1.54) is 11.1 Å². The smallest absolute Gasteiger partial charge is 0.389 e. The minimum atomic E-state index is -4.07. The van der Waals surface area contributed by atoms with Crippen molar-refractivity contribution in [2.75, 3.05) is 39.6 Å². The van der Waals surface area contributed by atoms with Crippen LogP contribution in [0.5, 0.6) is 11.5 Å². The zero-order valence-electron chi connectivity index (χ0n) is 28.8. The maximum atomic E-state index is 12.5. The molecule has 0 aromatic heterocycles. The molecule has 2 unspecified atom stereocenters. The number of aryl methyl sites for hydroxylation is 1. The largest absolute Gasteiger partial charge is 0.491 e. The Labute approximate surface area is 288 Å². The fraction of sp³-hybridized carbons (Fsp3) is 0.579. The van der Waals surface area contributed by atoms with Gasteiger partial charge in [0.05, 0.1) is 26.4 Å². The van der Waals surface area contributed by atoms with E-state index in [2.05, 4.69) is 38.3 Å². The molecule has 49 heavy (non-hydrogen) atoms. The van der Waals surface area contributed by atoms with E-state index < -0.39 is 38.4 Å². The highest BCUT2D eigenvalue weighted by molar-refractivity contribution is 5.73. The van der Waals surface area contributed by atoms with Crippen molar-refractivity contribution in [2.45, 2.75) is 96.3 Å². The number of hydrogen-bond donors (Lipinski definition) is 4. The van der Waals surface area contributed by atoms with Gasteiger partial charge in [-0.05, 0) is 91.2 Å². The highest BCUT2D eigenvalue weighted by Crippen LogP contribution is 2.41. The molecule has 0 amide bonds. The van der Waals surface area contributed by atoms with E-state index in [-0.39, 0.29) is 44.0 Å². The first-order valence-electron chi connectivity index (χ1n) is 17.1. The van der Waals surface area contributed by atoms with E-state index in [1.54, 1.807) is 6.07 Å². The second-order valence-corrected chi connectivity index (χ2v) is 12.7. The first kappa shape index (κ1) is 40.5. The number of unbranched alkanes of at least 4 members (excludes halogenated alkanes) is 1. The first-order chi connectivity index (χ1) is 23.4. The van der Waals surface area contributed by atoms with Gasteiger partial charge in [0.25, 0.3) is 0 Å². The second-order valence-electron chi connectivity index (χ2n) is 12.7. The van der Waals surface area contributed by atoms with Gasteiger partial charge in [-0.25, -0.2) is 0 Å². The molecule has 0 spiro atoms. The van der Waals surface area contributed by atoms with Crippen LogP contribution >= 0.6 is 0 Å². The summed E-state index contributed by atoms with van der Waals surface area (Å²) >= 11 is 0. The molecule has 0 aliphatic heterocycles. The summed E-state index contributed by atoms with van der Waals surface area (Å²) in [5.41, 5.74) is 5.63. The summed E-state index contributed by atoms with van der Waals surface area (Å²) in [7, 11) is 0. The lowest BCUT2D eigenvalue weighted by Gasteiger charge is -2.30. The zero-order chi connectivity index (χ0) is 36.0. The molecule has 8 nitrogen and oxygen atoms in total. The van der Waals surface area contributed by atoms with Crippen LogP contribution in [0.2, 0.25) is 0 Å². The fourth-order valence-corrected chi connectivity index (χ4v) is 6.22. The molecule has 2 atom stereocenters. The average Bonchev–Trinajstić information content (AvgIpc) is 3.09. The third-order valence-corrected chi connectivity index (χ3v) is 9.13. The molecule has 1 saturated carbocycles. The monoisotopic (exact) mass is 694 g/mol. The summed E-state index contributed by atoms with van der Waals surface area (Å²) in [5.74, 6) is 1.97. The third-order valence-electron chi connectivity index (χ3n) is 9.13. The van der Waals surface area contributed by atoms with E-state index in [0.717, 1.165) is 55.2 Å². The highest BCUT2D eigenvalue weighted by Gasteiger charge is 2.27. The molecular weight excluding hydrogens is 641 g/mol. The average molecular weight is 695 g/mol. The van der Waals surface area contributed by atoms with E-state index >= 15 is 0 Å². The highest BCUT2D eigenvalue weighted by atomic mass is 19.4. The van der Waals surface area contributed by atoms with Crippen LogP contribution in [0.15, 0.2) is 54.6 Å². The SMILES string of the molecule is C=C(CO)C(O)OCCOc1cc(OCCOC(O)C(=C)CO)c(C)c(-c2ccc(C3CCC(CCCCC(F)(F)F)CC3)c(CC)c2)c1. The fourth-order valence-electron chi connectivity index (χ4n) is 6.22. The molecule has 0 radical (unpaired) electrons. The number of alkyl halides is 3. The van der Waals surface area contributed by atoms with E-state index in [4.69, 9.17) is 29.2 Å². The van der Waals surface area contributed by atoms with Crippen LogP contribution in [0.1, 0.15) is 80.9 Å². The molecule has 0 heterocycles. The lowest BCUT2D eigenvalue weighted by Crippen LogP contribution is -2.20. The first-order valence-corrected chi connectivity index (χ1v) is 17.1. The molecule has 11 heteroatoms. The number of halogens is 3. The molecule has 1 aliphatic rings. The molecule has 4 N–H and O–H groups in total. The van der Waals surface area contributed by atoms with Gasteiger partial charge in [-0.1, -0.05) is 51.1 Å². The van der Waals surface area contributed by atoms with Crippen molar-refractivity contribution in [2.24, 2.45) is 5.92 Å². The number of hydrogen-bond acceptors (Lipinski definition) is 8. The van der Waals surface area contributed by atoms with E-state index in [1.807, 2.05) is 13.0 Å². The Morgan fingerprint density at radius 3 is 2.04 bits per heavy atom. The minimum absolute atomic E-state index is 0.0462. The summed E-state index contributed by atoms with van der Waals surface area (Å²) in [4.78, 5) is 0. The van der Waals surface area contributed by atoms with Crippen LogP contribution in [0, 0.1) is 12.8 Å². The van der Waals surface area contributed by atoms with Gasteiger partial charge < -0.3 is 39.4 Å². The number of ether oxygens (including phenoxy) is 4. The summed E-state index contributed by atoms with van der Waals surface area (Å²) in [6.45, 7) is 10.7. The molecular formula is C38H53F3O8. The molecule has 1 aliphatic carbocycles. The van der Waals surface area contributed by atoms with Crippen LogP contribution in [0.3, 0.4) is 0 Å².